The summed E-state index contributed by atoms with van der Waals surface area (Å²) in [6.07, 6.45) is -0.206. The minimum Gasteiger partial charge on any atom is -0.481 e. The van der Waals surface area contributed by atoms with Gasteiger partial charge in [-0.3, -0.25) is 9.36 Å². The molecule has 0 aromatic heterocycles. The number of benzene rings is 1. The molecule has 0 aliphatic rings. The number of carboxylic acids is 1. The number of carboxylic acid groups (broad SMARTS) is 1. The average molecular weight is 271 g/mol. The van der Waals surface area contributed by atoms with E-state index < -0.39 is 19.1 Å². The first-order chi connectivity index (χ1) is 8.31. The van der Waals surface area contributed by atoms with Gasteiger partial charge in [-0.25, -0.2) is 0 Å². The quantitative estimate of drug-likeness (QED) is 0.686. The van der Waals surface area contributed by atoms with Gasteiger partial charge in [-0.15, -0.1) is 0 Å². The van der Waals surface area contributed by atoms with Gasteiger partial charge >= 0.3 is 5.97 Å². The number of hydrogen-bond acceptors (Lipinski definition) is 3. The van der Waals surface area contributed by atoms with Gasteiger partial charge in [0.2, 0.25) is 7.37 Å². The molecular weight excluding hydrogens is 253 g/mol. The topological polar surface area (TPSA) is 101 Å². The summed E-state index contributed by atoms with van der Waals surface area (Å²) in [4.78, 5) is 20.3. The third-order valence-corrected chi connectivity index (χ3v) is 4.81. The van der Waals surface area contributed by atoms with Gasteiger partial charge in [0, 0.05) is 6.42 Å². The first-order valence-electron chi connectivity index (χ1n) is 5.65. The van der Waals surface area contributed by atoms with Gasteiger partial charge in [0.1, 0.15) is 0 Å². The molecule has 1 rings (SSSR count). The Morgan fingerprint density at radius 1 is 1.39 bits per heavy atom. The molecule has 4 N–H and O–H groups in total. The van der Waals surface area contributed by atoms with Crippen LogP contribution in [0, 0.1) is 6.92 Å². The Bertz CT molecular complexity index is 458. The summed E-state index contributed by atoms with van der Waals surface area (Å²) in [5, 5.41) is 8.52. The molecule has 0 radical (unpaired) electrons. The third-order valence-electron chi connectivity index (χ3n) is 2.70. The Kier molecular flexibility index (Phi) is 5.08. The lowest BCUT2D eigenvalue weighted by atomic mass is 10.2. The molecular formula is C12H18NO4P. The molecule has 2 atom stereocenters. The van der Waals surface area contributed by atoms with Crippen LogP contribution in [0.25, 0.3) is 0 Å². The van der Waals surface area contributed by atoms with Crippen LogP contribution in [0.15, 0.2) is 24.3 Å². The van der Waals surface area contributed by atoms with E-state index in [1.54, 1.807) is 12.1 Å². The predicted molar refractivity (Wildman–Crippen MR) is 69.6 cm³/mol. The smallest absolute Gasteiger partial charge is 0.303 e. The molecule has 100 valence electrons. The fraction of sp³-hybridized carbons (Fsp3) is 0.417. The van der Waals surface area contributed by atoms with Crippen molar-refractivity contribution in [2.45, 2.75) is 31.7 Å². The van der Waals surface area contributed by atoms with E-state index in [-0.39, 0.29) is 19.0 Å². The van der Waals surface area contributed by atoms with Crippen molar-refractivity contribution in [3.8, 4) is 0 Å². The van der Waals surface area contributed by atoms with Crippen molar-refractivity contribution in [2.75, 3.05) is 0 Å². The maximum Gasteiger partial charge on any atom is 0.303 e. The largest absolute Gasteiger partial charge is 0.481 e. The minimum absolute atomic E-state index is 0.00890. The van der Waals surface area contributed by atoms with E-state index in [1.165, 1.54) is 0 Å². The van der Waals surface area contributed by atoms with Gasteiger partial charge in [0.05, 0.1) is 11.9 Å². The Labute approximate surface area is 106 Å². The summed E-state index contributed by atoms with van der Waals surface area (Å²) in [6, 6.07) is 7.28. The lowest BCUT2D eigenvalue weighted by Crippen LogP contribution is -2.22. The highest BCUT2D eigenvalue weighted by atomic mass is 31.2. The second kappa shape index (κ2) is 6.14. The van der Waals surface area contributed by atoms with Crippen LogP contribution in [0.5, 0.6) is 0 Å². The van der Waals surface area contributed by atoms with Gasteiger partial charge in [-0.1, -0.05) is 29.8 Å². The molecule has 0 amide bonds. The van der Waals surface area contributed by atoms with Gasteiger partial charge in [-0.05, 0) is 18.9 Å². The summed E-state index contributed by atoms with van der Waals surface area (Å²) in [5.74, 6) is -2.00. The van der Waals surface area contributed by atoms with E-state index in [0.29, 0.717) is 0 Å². The van der Waals surface area contributed by atoms with E-state index in [0.717, 1.165) is 11.1 Å². The summed E-state index contributed by atoms with van der Waals surface area (Å²) in [5.41, 5.74) is 7.41. The van der Waals surface area contributed by atoms with Crippen molar-refractivity contribution < 1.29 is 19.4 Å². The van der Waals surface area contributed by atoms with E-state index in [2.05, 4.69) is 0 Å². The third kappa shape index (κ3) is 4.61. The fourth-order valence-corrected chi connectivity index (χ4v) is 3.05. The van der Waals surface area contributed by atoms with Crippen LogP contribution < -0.4 is 5.73 Å². The number of hydrogen-bond donors (Lipinski definition) is 3. The highest BCUT2D eigenvalue weighted by molar-refractivity contribution is 7.57. The summed E-state index contributed by atoms with van der Waals surface area (Å²) >= 11 is 0. The van der Waals surface area contributed by atoms with Crippen molar-refractivity contribution in [3.05, 3.63) is 35.4 Å². The number of aryl methyl sites for hydroxylation is 1. The Morgan fingerprint density at radius 3 is 2.44 bits per heavy atom. The molecule has 1 aromatic carbocycles. The van der Waals surface area contributed by atoms with E-state index in [1.807, 2.05) is 19.1 Å². The van der Waals surface area contributed by atoms with Gasteiger partial charge in [0.15, 0.2) is 0 Å². The van der Waals surface area contributed by atoms with Crippen LogP contribution in [-0.4, -0.2) is 21.8 Å². The van der Waals surface area contributed by atoms with Crippen LogP contribution >= 0.6 is 7.37 Å². The number of carbonyl (C=O) groups is 1. The first kappa shape index (κ1) is 14.9. The zero-order valence-corrected chi connectivity index (χ0v) is 11.1. The predicted octanol–water partition coefficient (Wildman–Crippen LogP) is 1.92. The highest BCUT2D eigenvalue weighted by Gasteiger charge is 2.28. The van der Waals surface area contributed by atoms with Crippen molar-refractivity contribution in [3.63, 3.8) is 0 Å². The van der Waals surface area contributed by atoms with Crippen LogP contribution in [-0.2, 0) is 15.5 Å². The van der Waals surface area contributed by atoms with Crippen molar-refractivity contribution >= 4 is 13.3 Å². The molecule has 0 saturated heterocycles. The zero-order chi connectivity index (χ0) is 13.8. The van der Waals surface area contributed by atoms with E-state index in [9.17, 15) is 14.3 Å². The highest BCUT2D eigenvalue weighted by Crippen LogP contribution is 2.48. The van der Waals surface area contributed by atoms with Crippen molar-refractivity contribution in [1.29, 1.82) is 0 Å². The molecule has 0 spiro atoms. The molecule has 1 aromatic rings. The van der Waals surface area contributed by atoms with Crippen LogP contribution in [0.1, 0.15) is 24.0 Å². The van der Waals surface area contributed by atoms with Crippen molar-refractivity contribution in [1.82, 2.24) is 0 Å². The normalized spacial score (nSPS) is 15.9. The maximum atomic E-state index is 12.0. The molecule has 0 heterocycles. The second-order valence-corrected chi connectivity index (χ2v) is 6.89. The molecule has 0 bridgehead atoms. The molecule has 2 unspecified atom stereocenters. The van der Waals surface area contributed by atoms with Crippen molar-refractivity contribution in [2.24, 2.45) is 5.73 Å². The maximum absolute atomic E-state index is 12.0. The monoisotopic (exact) mass is 271 g/mol. The van der Waals surface area contributed by atoms with Gasteiger partial charge in [0.25, 0.3) is 0 Å². The summed E-state index contributed by atoms with van der Waals surface area (Å²) in [7, 11) is -3.56. The molecule has 5 nitrogen and oxygen atoms in total. The zero-order valence-electron chi connectivity index (χ0n) is 10.2. The van der Waals surface area contributed by atoms with E-state index in [4.69, 9.17) is 10.8 Å². The lowest BCUT2D eigenvalue weighted by molar-refractivity contribution is -0.137. The standard InChI is InChI=1S/C12H18NO4P/c1-9-2-4-10(5-3-9)8-18(16,17)11(13)6-7-12(14)15/h2-5,11H,6-8,13H2,1H3,(H,14,15)(H,16,17). The lowest BCUT2D eigenvalue weighted by Gasteiger charge is -2.18. The Hall–Kier alpha value is -1.16. The van der Waals surface area contributed by atoms with Crippen LogP contribution in [0.2, 0.25) is 0 Å². The molecule has 18 heavy (non-hydrogen) atoms. The van der Waals surface area contributed by atoms with Gasteiger partial charge < -0.3 is 15.7 Å². The van der Waals surface area contributed by atoms with Crippen LogP contribution in [0.3, 0.4) is 0 Å². The number of rotatable bonds is 6. The fourth-order valence-electron chi connectivity index (χ4n) is 1.55. The molecule has 0 fully saturated rings. The SMILES string of the molecule is Cc1ccc(CP(=O)(O)C(N)CCC(=O)O)cc1. The first-order valence-corrected chi connectivity index (χ1v) is 7.57. The molecule has 0 aliphatic heterocycles. The average Bonchev–Trinajstić information content (AvgIpc) is 2.28. The number of nitrogens with two attached hydrogens (primary N) is 1. The van der Waals surface area contributed by atoms with E-state index >= 15 is 0 Å². The minimum atomic E-state index is -3.56. The van der Waals surface area contributed by atoms with Crippen LogP contribution in [0.4, 0.5) is 0 Å². The molecule has 0 saturated carbocycles. The summed E-state index contributed by atoms with van der Waals surface area (Å²) in [6.45, 7) is 1.93. The summed E-state index contributed by atoms with van der Waals surface area (Å²) < 4.78 is 12.0. The molecule has 6 heteroatoms. The Morgan fingerprint density at radius 2 is 1.94 bits per heavy atom. The van der Waals surface area contributed by atoms with Gasteiger partial charge in [-0.2, -0.15) is 0 Å². The molecule has 0 aliphatic carbocycles. The second-order valence-electron chi connectivity index (χ2n) is 4.40. The Balaban J connectivity index is 2.65. The number of aliphatic carboxylic acids is 1.